The number of carbonyl (C=O) groups is 3. The van der Waals surface area contributed by atoms with Crippen molar-refractivity contribution in [2.75, 3.05) is 25.1 Å². The number of rotatable bonds is 10. The number of aryl methyl sites for hydroxylation is 2. The number of nitriles is 2. The molecule has 0 aromatic heterocycles. The minimum absolute atomic E-state index is 0.0224. The first kappa shape index (κ1) is 46.9. The summed E-state index contributed by atoms with van der Waals surface area (Å²) in [6.45, 7) is 6.06. The van der Waals surface area contributed by atoms with Crippen LogP contribution in [0.2, 0.25) is 19.6 Å². The van der Waals surface area contributed by atoms with E-state index in [4.69, 9.17) is 35.6 Å². The van der Waals surface area contributed by atoms with Crippen molar-refractivity contribution in [1.82, 2.24) is 10.6 Å². The Morgan fingerprint density at radius 1 is 0.900 bits per heavy atom. The molecule has 0 unspecified atom stereocenters. The number of amides is 2. The number of halogens is 4. The molecule has 50 heavy (non-hydrogen) atoms. The summed E-state index contributed by atoms with van der Waals surface area (Å²) in [4.78, 5) is 31.9. The number of nitrogens with one attached hydrogen (secondary N) is 3. The van der Waals surface area contributed by atoms with Gasteiger partial charge < -0.3 is 21.7 Å². The summed E-state index contributed by atoms with van der Waals surface area (Å²) >= 11 is -0.931. The van der Waals surface area contributed by atoms with E-state index in [1.807, 2.05) is 19.6 Å². The molecule has 2 amide bonds. The standard InChI is InChI=1S/C16H20FN3O.C11H15FN2O.C4H9NSi.C4H6O.2ClH.Zn/c1-19-15(21)5-2-4-12-6-7-13(10-14(12)17)20-16(11-18)8-3-9-16;1-14-11(15)4-2-3-8-5-6-9(13)7-10(8)12;1-6(2,3)4-5;5-4-2-1-3-4;;;/h6-7,10,20H,2-5,8-9H2,1H3,(H,19,21);5-7H,2-4,13H2,1H3,(H,14,15);1-3H3;1-3H2;2*1H;/q;;;;;;+2/p-2. The fraction of sp³-hybridized carbons (Fsp3) is 0.514. The summed E-state index contributed by atoms with van der Waals surface area (Å²) in [5.41, 5.74) is 9.41. The Bertz CT molecular complexity index is 1440. The Morgan fingerprint density at radius 2 is 1.34 bits per heavy atom. The fourth-order valence-corrected chi connectivity index (χ4v) is 4.12. The zero-order valence-electron chi connectivity index (χ0n) is 29.9. The molecule has 0 radical (unpaired) electrons. The molecule has 2 aliphatic rings. The summed E-state index contributed by atoms with van der Waals surface area (Å²) in [6.07, 6.45) is 8.62. The number of nitrogens with two attached hydrogens (primary N) is 1. The molecule has 2 aromatic carbocycles. The van der Waals surface area contributed by atoms with Crippen molar-refractivity contribution in [3.8, 4) is 11.8 Å². The number of hydrogen-bond acceptors (Lipinski definition) is 7. The van der Waals surface area contributed by atoms with Gasteiger partial charge in [-0.15, -0.1) is 0 Å². The van der Waals surface area contributed by atoms with E-state index >= 15 is 0 Å². The maximum atomic E-state index is 14.0. The van der Waals surface area contributed by atoms with Crippen molar-refractivity contribution in [2.45, 2.75) is 102 Å². The molecule has 0 atom stereocenters. The molecule has 2 fully saturated rings. The number of ketones is 1. The normalized spacial score (nSPS) is 13.2. The van der Waals surface area contributed by atoms with Gasteiger partial charge >= 0.3 is 34.5 Å². The number of anilines is 2. The molecular formula is C35H50Cl2F2N6O3SiZn. The Labute approximate surface area is 312 Å². The number of carbonyl (C=O) groups excluding carboxylic acids is 3. The first-order valence-corrected chi connectivity index (χ1v) is 27.9. The quantitative estimate of drug-likeness (QED) is 0.141. The van der Waals surface area contributed by atoms with Gasteiger partial charge in [-0.05, 0) is 86.8 Å². The first-order valence-electron chi connectivity index (χ1n) is 16.6. The van der Waals surface area contributed by atoms with Crippen LogP contribution in [0.3, 0.4) is 0 Å². The van der Waals surface area contributed by atoms with E-state index in [1.54, 1.807) is 38.4 Å². The third-order valence-electron chi connectivity index (χ3n) is 7.44. The van der Waals surface area contributed by atoms with Crippen LogP contribution in [0.5, 0.6) is 0 Å². The van der Waals surface area contributed by atoms with E-state index in [-0.39, 0.29) is 23.4 Å². The molecule has 0 bridgehead atoms. The van der Waals surface area contributed by atoms with E-state index in [0.717, 1.165) is 38.5 Å². The third-order valence-corrected chi connectivity index (χ3v) is 8.11. The van der Waals surface area contributed by atoms with E-state index in [2.05, 4.69) is 27.7 Å². The second-order valence-corrected chi connectivity index (χ2v) is 22.1. The minimum atomic E-state index is -1.33. The van der Waals surface area contributed by atoms with Gasteiger partial charge in [0.05, 0.1) is 6.07 Å². The average molecular weight is 805 g/mol. The molecule has 0 spiro atoms. The van der Waals surface area contributed by atoms with Gasteiger partial charge in [0.25, 0.3) is 0 Å². The molecule has 272 valence electrons. The fourth-order valence-electron chi connectivity index (χ4n) is 4.12. The zero-order chi connectivity index (χ0) is 38.2. The summed E-state index contributed by atoms with van der Waals surface area (Å²) in [5, 5.41) is 25.6. The van der Waals surface area contributed by atoms with Crippen molar-refractivity contribution in [3.63, 3.8) is 0 Å². The van der Waals surface area contributed by atoms with Crippen LogP contribution in [0, 0.1) is 33.9 Å². The van der Waals surface area contributed by atoms with E-state index < -0.39 is 28.8 Å². The molecule has 0 saturated heterocycles. The van der Waals surface area contributed by atoms with Crippen LogP contribution in [-0.2, 0) is 42.4 Å². The van der Waals surface area contributed by atoms with Crippen LogP contribution in [-0.4, -0.2) is 45.3 Å². The summed E-state index contributed by atoms with van der Waals surface area (Å²) < 4.78 is 27.3. The van der Waals surface area contributed by atoms with Crippen LogP contribution < -0.4 is 21.7 Å². The molecule has 2 aromatic rings. The van der Waals surface area contributed by atoms with Crippen LogP contribution in [0.4, 0.5) is 20.2 Å². The Kier molecular flexibility index (Phi) is 24.2. The van der Waals surface area contributed by atoms with Crippen molar-refractivity contribution in [3.05, 3.63) is 59.2 Å². The molecule has 2 aliphatic carbocycles. The summed E-state index contributed by atoms with van der Waals surface area (Å²) in [6, 6.07) is 11.9. The number of Topliss-reactive ketones (excluding diaryl/α,β-unsaturated/α-hetero) is 1. The first-order chi connectivity index (χ1) is 23.6. The van der Waals surface area contributed by atoms with Gasteiger partial charge in [0, 0.05) is 56.8 Å². The predicted octanol–water partition coefficient (Wildman–Crippen LogP) is 7.73. The SMILES string of the molecule is CNC(=O)CCCc1ccc(N)cc1F.CNC(=O)CCCc1ccc(NC2(C#N)CCC2)cc1F.C[Si](C)(C)C#N.O=C1CCC1.[Cl][Zn][Cl]. The van der Waals surface area contributed by atoms with Gasteiger partial charge in [0.15, 0.2) is 8.07 Å². The summed E-state index contributed by atoms with van der Waals surface area (Å²) in [7, 11) is 11.8. The van der Waals surface area contributed by atoms with Gasteiger partial charge in [-0.3, -0.25) is 14.4 Å². The zero-order valence-corrected chi connectivity index (χ0v) is 35.3. The van der Waals surface area contributed by atoms with Crippen LogP contribution in [0.15, 0.2) is 36.4 Å². The number of nitrogen functional groups attached to an aromatic ring is 1. The van der Waals surface area contributed by atoms with Crippen molar-refractivity contribution >= 4 is 56.4 Å². The molecule has 2 saturated carbocycles. The number of nitrogens with zero attached hydrogens (tertiary/aromatic N) is 2. The van der Waals surface area contributed by atoms with Gasteiger partial charge in [0.2, 0.25) is 11.8 Å². The number of benzene rings is 2. The average Bonchev–Trinajstić information content (AvgIpc) is 3.04. The van der Waals surface area contributed by atoms with Crippen molar-refractivity contribution in [2.24, 2.45) is 0 Å². The number of hydrogen-bond donors (Lipinski definition) is 4. The second-order valence-electron chi connectivity index (χ2n) is 12.7. The van der Waals surface area contributed by atoms with Crippen molar-refractivity contribution < 1.29 is 38.3 Å². The monoisotopic (exact) mass is 802 g/mol. The Morgan fingerprint density at radius 3 is 1.64 bits per heavy atom. The predicted molar refractivity (Wildman–Crippen MR) is 197 cm³/mol. The van der Waals surface area contributed by atoms with Crippen LogP contribution >= 0.6 is 19.4 Å². The second kappa shape index (κ2) is 25.8. The Balaban J connectivity index is 0.000000713. The van der Waals surface area contributed by atoms with Crippen LogP contribution in [0.1, 0.15) is 75.3 Å². The van der Waals surface area contributed by atoms with E-state index in [9.17, 15) is 23.2 Å². The topological polar surface area (TPSA) is 161 Å². The molecule has 5 N–H and O–H groups in total. The summed E-state index contributed by atoms with van der Waals surface area (Å²) in [5.74, 6) is -0.207. The molecule has 4 rings (SSSR count). The Hall–Kier alpha value is -3.09. The third kappa shape index (κ3) is 21.2. The van der Waals surface area contributed by atoms with Gasteiger partial charge in [-0.25, -0.2) is 14.0 Å². The van der Waals surface area contributed by atoms with Crippen molar-refractivity contribution in [1.29, 1.82) is 10.5 Å². The molecule has 9 nitrogen and oxygen atoms in total. The molecule has 15 heteroatoms. The molecule has 0 aliphatic heterocycles. The van der Waals surface area contributed by atoms with E-state index in [1.165, 1.54) is 12.1 Å². The van der Waals surface area contributed by atoms with Gasteiger partial charge in [-0.2, -0.15) is 5.26 Å². The van der Waals surface area contributed by atoms with Gasteiger partial charge in [-0.1, -0.05) is 31.8 Å². The maximum absolute atomic E-state index is 14.0. The molecule has 0 heterocycles. The molecular weight excluding hydrogens is 755 g/mol. The van der Waals surface area contributed by atoms with Gasteiger partial charge in [0.1, 0.15) is 23.0 Å². The van der Waals surface area contributed by atoms with E-state index in [0.29, 0.717) is 66.8 Å². The van der Waals surface area contributed by atoms with Crippen LogP contribution in [0.25, 0.3) is 0 Å².